The van der Waals surface area contributed by atoms with Crippen molar-refractivity contribution in [2.24, 2.45) is 0 Å². The van der Waals surface area contributed by atoms with Crippen molar-refractivity contribution in [3.8, 4) is 11.3 Å². The van der Waals surface area contributed by atoms with Crippen molar-refractivity contribution in [3.63, 3.8) is 0 Å². The van der Waals surface area contributed by atoms with Crippen LogP contribution in [-0.2, 0) is 4.79 Å². The average Bonchev–Trinajstić information content (AvgIpc) is 2.97. The summed E-state index contributed by atoms with van der Waals surface area (Å²) in [5.74, 6) is -0.271. The Morgan fingerprint density at radius 2 is 1.81 bits per heavy atom. The summed E-state index contributed by atoms with van der Waals surface area (Å²) in [6.45, 7) is 1.96. The van der Waals surface area contributed by atoms with Gasteiger partial charge in [0.15, 0.2) is 5.13 Å². The van der Waals surface area contributed by atoms with Gasteiger partial charge in [-0.05, 0) is 42.8 Å². The summed E-state index contributed by atoms with van der Waals surface area (Å²) in [7, 11) is 0. The van der Waals surface area contributed by atoms with Crippen molar-refractivity contribution in [2.75, 3.05) is 5.32 Å². The number of aryl methyl sites for hydroxylation is 1. The monoisotopic (exact) mass is 422 g/mol. The van der Waals surface area contributed by atoms with Gasteiger partial charge in [0, 0.05) is 21.5 Å². The van der Waals surface area contributed by atoms with Gasteiger partial charge in [0.05, 0.1) is 15.7 Å². The Balaban J connectivity index is 1.71. The third-order valence-corrected chi connectivity index (χ3v) is 5.39. The van der Waals surface area contributed by atoms with Gasteiger partial charge in [0.1, 0.15) is 0 Å². The van der Waals surface area contributed by atoms with Crippen molar-refractivity contribution in [2.45, 2.75) is 6.92 Å². The zero-order valence-electron chi connectivity index (χ0n) is 13.6. The fourth-order valence-corrected chi connectivity index (χ4v) is 3.53. The molecule has 132 valence electrons. The molecule has 1 aromatic heterocycles. The Bertz CT molecular complexity index is 981. The zero-order chi connectivity index (χ0) is 18.7. The Kier molecular flexibility index (Phi) is 5.99. The summed E-state index contributed by atoms with van der Waals surface area (Å²) >= 11 is 19.2. The summed E-state index contributed by atoms with van der Waals surface area (Å²) in [5, 5.41) is 4.90. The van der Waals surface area contributed by atoms with Crippen LogP contribution in [0.3, 0.4) is 0 Å². The molecule has 1 heterocycles. The van der Waals surface area contributed by atoms with Gasteiger partial charge >= 0.3 is 0 Å². The highest BCUT2D eigenvalue weighted by Crippen LogP contribution is 2.31. The van der Waals surface area contributed by atoms with Gasteiger partial charge in [-0.25, -0.2) is 4.98 Å². The number of rotatable bonds is 4. The van der Waals surface area contributed by atoms with Crippen LogP contribution >= 0.6 is 46.1 Å². The van der Waals surface area contributed by atoms with E-state index in [-0.39, 0.29) is 5.91 Å². The topological polar surface area (TPSA) is 42.0 Å². The van der Waals surface area contributed by atoms with Gasteiger partial charge in [-0.15, -0.1) is 11.3 Å². The molecule has 0 spiro atoms. The molecule has 0 bridgehead atoms. The molecule has 0 saturated carbocycles. The summed E-state index contributed by atoms with van der Waals surface area (Å²) in [6, 6.07) is 12.6. The Labute approximate surface area is 170 Å². The Morgan fingerprint density at radius 3 is 2.50 bits per heavy atom. The van der Waals surface area contributed by atoms with Crippen LogP contribution in [0.15, 0.2) is 48.5 Å². The number of nitrogens with zero attached hydrogens (tertiary/aromatic N) is 1. The van der Waals surface area contributed by atoms with Crippen molar-refractivity contribution >= 4 is 63.3 Å². The standard InChI is InChI=1S/C19H13Cl3N2OS/c1-11-18(13-4-6-14(20)7-5-13)24-19(26-11)23-17(25)9-3-12-2-8-15(21)16(22)10-12/h2-10H,1H3,(H,23,24,25)/b9-3+. The van der Waals surface area contributed by atoms with E-state index in [4.69, 9.17) is 34.8 Å². The number of anilines is 1. The molecule has 0 saturated heterocycles. The minimum absolute atomic E-state index is 0.271. The maximum atomic E-state index is 12.1. The first-order chi connectivity index (χ1) is 12.4. The Morgan fingerprint density at radius 1 is 1.08 bits per heavy atom. The molecule has 1 amide bonds. The highest BCUT2D eigenvalue weighted by molar-refractivity contribution is 7.16. The zero-order valence-corrected chi connectivity index (χ0v) is 16.7. The summed E-state index contributed by atoms with van der Waals surface area (Å²) in [5.41, 5.74) is 2.57. The van der Waals surface area contributed by atoms with Crippen molar-refractivity contribution in [3.05, 3.63) is 74.0 Å². The molecule has 0 aliphatic rings. The van der Waals surface area contributed by atoms with Crippen LogP contribution in [0.4, 0.5) is 5.13 Å². The SMILES string of the molecule is Cc1sc(NC(=O)/C=C/c2ccc(Cl)c(Cl)c2)nc1-c1ccc(Cl)cc1. The van der Waals surface area contributed by atoms with Gasteiger partial charge < -0.3 is 0 Å². The number of carbonyl (C=O) groups excluding carboxylic acids is 1. The van der Waals surface area contributed by atoms with Crippen LogP contribution in [0.5, 0.6) is 0 Å². The fraction of sp³-hybridized carbons (Fsp3) is 0.0526. The lowest BCUT2D eigenvalue weighted by Crippen LogP contribution is -2.07. The van der Waals surface area contributed by atoms with Crippen molar-refractivity contribution in [1.82, 2.24) is 4.98 Å². The van der Waals surface area contributed by atoms with Crippen molar-refractivity contribution in [1.29, 1.82) is 0 Å². The molecule has 0 atom stereocenters. The molecule has 3 aromatic rings. The van der Waals surface area contributed by atoms with E-state index in [2.05, 4.69) is 10.3 Å². The number of thiazole rings is 1. The first-order valence-electron chi connectivity index (χ1n) is 7.60. The molecule has 0 fully saturated rings. The first kappa shape index (κ1) is 18.9. The van der Waals surface area contributed by atoms with Crippen LogP contribution in [0, 0.1) is 6.92 Å². The second-order valence-corrected chi connectivity index (χ2v) is 7.88. The molecule has 0 unspecified atom stereocenters. The highest BCUT2D eigenvalue weighted by atomic mass is 35.5. The molecular formula is C19H13Cl3N2OS. The highest BCUT2D eigenvalue weighted by Gasteiger charge is 2.11. The van der Waals surface area contributed by atoms with Crippen LogP contribution in [0.1, 0.15) is 10.4 Å². The second kappa shape index (κ2) is 8.23. The number of aromatic nitrogens is 1. The normalized spacial score (nSPS) is 11.1. The average molecular weight is 424 g/mol. The minimum Gasteiger partial charge on any atom is -0.298 e. The minimum atomic E-state index is -0.271. The molecule has 1 N–H and O–H groups in total. The molecule has 26 heavy (non-hydrogen) atoms. The molecular weight excluding hydrogens is 411 g/mol. The van der Waals surface area contributed by atoms with Crippen LogP contribution in [0.25, 0.3) is 17.3 Å². The van der Waals surface area contributed by atoms with E-state index in [9.17, 15) is 4.79 Å². The Hall–Kier alpha value is -1.85. The number of hydrogen-bond acceptors (Lipinski definition) is 3. The molecule has 3 rings (SSSR count). The van der Waals surface area contributed by atoms with Gasteiger partial charge in [0.2, 0.25) is 5.91 Å². The predicted molar refractivity (Wildman–Crippen MR) is 111 cm³/mol. The van der Waals surface area contributed by atoms with Crippen LogP contribution in [0.2, 0.25) is 15.1 Å². The summed E-state index contributed by atoms with van der Waals surface area (Å²) in [4.78, 5) is 17.6. The van der Waals surface area contributed by atoms with E-state index in [1.165, 1.54) is 17.4 Å². The fourth-order valence-electron chi connectivity index (χ4n) is 2.26. The molecule has 0 aliphatic heterocycles. The van der Waals surface area contributed by atoms with E-state index in [0.717, 1.165) is 21.7 Å². The lowest BCUT2D eigenvalue weighted by atomic mass is 10.1. The number of benzene rings is 2. The van der Waals surface area contributed by atoms with Gasteiger partial charge in [0.25, 0.3) is 0 Å². The maximum Gasteiger partial charge on any atom is 0.250 e. The van der Waals surface area contributed by atoms with E-state index >= 15 is 0 Å². The van der Waals surface area contributed by atoms with Crippen LogP contribution in [-0.4, -0.2) is 10.9 Å². The predicted octanol–water partition coefficient (Wildman–Crippen LogP) is 6.73. The van der Waals surface area contributed by atoms with Gasteiger partial charge in [-0.3, -0.25) is 10.1 Å². The maximum absolute atomic E-state index is 12.1. The quantitative estimate of drug-likeness (QED) is 0.473. The first-order valence-corrected chi connectivity index (χ1v) is 9.55. The molecule has 0 aliphatic carbocycles. The number of hydrogen-bond donors (Lipinski definition) is 1. The second-order valence-electron chi connectivity index (χ2n) is 5.43. The number of halogens is 3. The van der Waals surface area contributed by atoms with Crippen molar-refractivity contribution < 1.29 is 4.79 Å². The lowest BCUT2D eigenvalue weighted by Gasteiger charge is -1.99. The molecule has 7 heteroatoms. The van der Waals surface area contributed by atoms with E-state index in [1.807, 2.05) is 31.2 Å². The summed E-state index contributed by atoms with van der Waals surface area (Å²) < 4.78 is 0. The third-order valence-electron chi connectivity index (χ3n) is 3.52. The smallest absolute Gasteiger partial charge is 0.250 e. The van der Waals surface area contributed by atoms with Gasteiger partial charge in [-0.1, -0.05) is 53.0 Å². The van der Waals surface area contributed by atoms with E-state index in [1.54, 1.807) is 24.3 Å². The third kappa shape index (κ3) is 4.65. The number of amides is 1. The summed E-state index contributed by atoms with van der Waals surface area (Å²) in [6.07, 6.45) is 3.09. The largest absolute Gasteiger partial charge is 0.298 e. The van der Waals surface area contributed by atoms with E-state index < -0.39 is 0 Å². The molecule has 2 aromatic carbocycles. The van der Waals surface area contributed by atoms with Gasteiger partial charge in [-0.2, -0.15) is 0 Å². The molecule has 3 nitrogen and oxygen atoms in total. The number of nitrogens with one attached hydrogen (secondary N) is 1. The lowest BCUT2D eigenvalue weighted by molar-refractivity contribution is -0.111. The van der Waals surface area contributed by atoms with E-state index in [0.29, 0.717) is 20.2 Å². The number of carbonyl (C=O) groups is 1. The molecule has 0 radical (unpaired) electrons. The van der Waals surface area contributed by atoms with Crippen LogP contribution < -0.4 is 5.32 Å².